The van der Waals surface area contributed by atoms with Crippen molar-refractivity contribution >= 4 is 48.1 Å². The zero-order chi connectivity index (χ0) is 16.2. The number of nitrogens with two attached hydrogens (primary N) is 1. The maximum atomic E-state index is 12.4. The second-order valence-corrected chi connectivity index (χ2v) is 6.63. The van der Waals surface area contributed by atoms with Gasteiger partial charge in [0.05, 0.1) is 11.1 Å². The highest BCUT2D eigenvalue weighted by atomic mass is 35.5. The average Bonchev–Trinajstić information content (AvgIpc) is 3.03. The summed E-state index contributed by atoms with van der Waals surface area (Å²) in [5.41, 5.74) is 6.13. The van der Waals surface area contributed by atoms with Crippen molar-refractivity contribution in [1.82, 2.24) is 10.3 Å². The molecule has 142 valence electrons. The zero-order valence-corrected chi connectivity index (χ0v) is 16.3. The van der Waals surface area contributed by atoms with E-state index in [4.69, 9.17) is 22.1 Å². The van der Waals surface area contributed by atoms with Crippen LogP contribution in [0, 0.1) is 5.92 Å². The summed E-state index contributed by atoms with van der Waals surface area (Å²) in [6.45, 7) is 2.93. The monoisotopic (exact) mass is 410 g/mol. The Balaban J connectivity index is 0.00000156. The Morgan fingerprint density at radius 2 is 2.08 bits per heavy atom. The Labute approximate surface area is 165 Å². The van der Waals surface area contributed by atoms with Crippen molar-refractivity contribution in [2.45, 2.75) is 31.3 Å². The minimum absolute atomic E-state index is 0. The lowest BCUT2D eigenvalue weighted by atomic mass is 9.91. The predicted octanol–water partition coefficient (Wildman–Crippen LogP) is 2.03. The van der Waals surface area contributed by atoms with Crippen LogP contribution < -0.4 is 16.0 Å². The first-order valence-electron chi connectivity index (χ1n) is 8.14. The van der Waals surface area contributed by atoms with Crippen LogP contribution in [0.15, 0.2) is 18.3 Å². The van der Waals surface area contributed by atoms with Gasteiger partial charge in [-0.2, -0.15) is 0 Å². The molecule has 2 saturated heterocycles. The van der Waals surface area contributed by atoms with Crippen molar-refractivity contribution in [3.8, 4) is 0 Å². The van der Waals surface area contributed by atoms with Gasteiger partial charge in [-0.05, 0) is 37.3 Å². The largest absolute Gasteiger partial charge is 0.381 e. The van der Waals surface area contributed by atoms with Crippen molar-refractivity contribution in [2.24, 2.45) is 11.7 Å². The van der Waals surface area contributed by atoms with Crippen molar-refractivity contribution in [3.05, 3.63) is 23.4 Å². The van der Waals surface area contributed by atoms with Crippen molar-refractivity contribution in [2.75, 3.05) is 31.2 Å². The number of halogens is 3. The molecule has 2 fully saturated rings. The van der Waals surface area contributed by atoms with E-state index in [1.165, 1.54) is 0 Å². The minimum Gasteiger partial charge on any atom is -0.381 e. The molecular formula is C16H25Cl3N4O2. The fraction of sp³-hybridized carbons (Fsp3) is 0.625. The molecule has 0 aromatic carbocycles. The number of pyridine rings is 1. The van der Waals surface area contributed by atoms with Gasteiger partial charge in [0.15, 0.2) is 0 Å². The number of aromatic nitrogens is 1. The third-order valence-corrected chi connectivity index (χ3v) is 4.94. The van der Waals surface area contributed by atoms with E-state index >= 15 is 0 Å². The summed E-state index contributed by atoms with van der Waals surface area (Å²) in [4.78, 5) is 18.8. The van der Waals surface area contributed by atoms with E-state index < -0.39 is 6.04 Å². The number of anilines is 1. The summed E-state index contributed by atoms with van der Waals surface area (Å²) in [7, 11) is 0. The van der Waals surface area contributed by atoms with Gasteiger partial charge in [0.2, 0.25) is 5.91 Å². The molecule has 0 bridgehead atoms. The minimum atomic E-state index is -0.452. The quantitative estimate of drug-likeness (QED) is 0.792. The van der Waals surface area contributed by atoms with E-state index in [2.05, 4.69) is 15.2 Å². The van der Waals surface area contributed by atoms with Crippen LogP contribution in [0.2, 0.25) is 5.02 Å². The molecule has 3 heterocycles. The number of nitrogens with one attached hydrogen (secondary N) is 1. The molecule has 0 saturated carbocycles. The van der Waals surface area contributed by atoms with Gasteiger partial charge in [0, 0.05) is 38.5 Å². The molecule has 25 heavy (non-hydrogen) atoms. The molecule has 1 amide bonds. The SMILES string of the molecule is Cl.Cl.NC(C(=O)NC1CCN(c2ncccc2Cl)C1)C1CCOCC1. The van der Waals surface area contributed by atoms with Crippen LogP contribution in [0.4, 0.5) is 5.82 Å². The highest BCUT2D eigenvalue weighted by Gasteiger charge is 2.31. The Morgan fingerprint density at radius 3 is 2.76 bits per heavy atom. The fourth-order valence-electron chi connectivity index (χ4n) is 3.27. The number of ether oxygens (including phenoxy) is 1. The van der Waals surface area contributed by atoms with E-state index in [9.17, 15) is 4.79 Å². The summed E-state index contributed by atoms with van der Waals surface area (Å²) in [5.74, 6) is 0.932. The van der Waals surface area contributed by atoms with Crippen LogP contribution in [0.1, 0.15) is 19.3 Å². The van der Waals surface area contributed by atoms with E-state index in [0.717, 1.165) is 31.6 Å². The van der Waals surface area contributed by atoms with Gasteiger partial charge in [-0.3, -0.25) is 4.79 Å². The third-order valence-electron chi connectivity index (χ3n) is 4.65. The molecule has 0 radical (unpaired) electrons. The van der Waals surface area contributed by atoms with Crippen LogP contribution >= 0.6 is 36.4 Å². The molecule has 9 heteroatoms. The zero-order valence-electron chi connectivity index (χ0n) is 13.9. The molecule has 2 unspecified atom stereocenters. The molecule has 6 nitrogen and oxygen atoms in total. The van der Waals surface area contributed by atoms with Gasteiger partial charge in [0.25, 0.3) is 0 Å². The summed E-state index contributed by atoms with van der Waals surface area (Å²) < 4.78 is 5.32. The number of rotatable bonds is 4. The van der Waals surface area contributed by atoms with Crippen LogP contribution in [0.3, 0.4) is 0 Å². The van der Waals surface area contributed by atoms with Gasteiger partial charge < -0.3 is 20.7 Å². The number of carbonyl (C=O) groups excluding carboxylic acids is 1. The van der Waals surface area contributed by atoms with E-state index in [-0.39, 0.29) is 42.7 Å². The molecule has 3 rings (SSSR count). The van der Waals surface area contributed by atoms with Crippen molar-refractivity contribution < 1.29 is 9.53 Å². The molecule has 0 aliphatic carbocycles. The lowest BCUT2D eigenvalue weighted by Gasteiger charge is -2.27. The summed E-state index contributed by atoms with van der Waals surface area (Å²) in [6, 6.07) is 3.28. The lowest BCUT2D eigenvalue weighted by Crippen LogP contribution is -2.50. The second kappa shape index (κ2) is 10.4. The van der Waals surface area contributed by atoms with Crippen LogP contribution in [0.25, 0.3) is 0 Å². The number of carbonyl (C=O) groups is 1. The normalized spacial score (nSPS) is 21.8. The molecule has 0 spiro atoms. The molecular weight excluding hydrogens is 387 g/mol. The number of amides is 1. The Morgan fingerprint density at radius 1 is 1.36 bits per heavy atom. The Bertz CT molecular complexity index is 558. The first kappa shape index (κ1) is 22.3. The Hall–Kier alpha value is -0.790. The first-order valence-corrected chi connectivity index (χ1v) is 8.52. The maximum absolute atomic E-state index is 12.4. The van der Waals surface area contributed by atoms with Crippen LogP contribution in [-0.2, 0) is 9.53 Å². The maximum Gasteiger partial charge on any atom is 0.237 e. The molecule has 2 aliphatic rings. The van der Waals surface area contributed by atoms with E-state index in [0.29, 0.717) is 24.8 Å². The lowest BCUT2D eigenvalue weighted by molar-refractivity contribution is -0.124. The molecule has 3 N–H and O–H groups in total. The summed E-state index contributed by atoms with van der Waals surface area (Å²) in [5, 5.41) is 3.72. The van der Waals surface area contributed by atoms with Crippen LogP contribution in [0.5, 0.6) is 0 Å². The van der Waals surface area contributed by atoms with Gasteiger partial charge in [-0.25, -0.2) is 4.98 Å². The first-order chi connectivity index (χ1) is 11.1. The topological polar surface area (TPSA) is 80.5 Å². The fourth-order valence-corrected chi connectivity index (χ4v) is 3.51. The third kappa shape index (κ3) is 5.59. The second-order valence-electron chi connectivity index (χ2n) is 6.22. The molecule has 1 aromatic heterocycles. The number of nitrogens with zero attached hydrogens (tertiary/aromatic N) is 2. The van der Waals surface area contributed by atoms with Crippen molar-refractivity contribution in [3.63, 3.8) is 0 Å². The van der Waals surface area contributed by atoms with Gasteiger partial charge in [0.1, 0.15) is 5.82 Å². The highest BCUT2D eigenvalue weighted by Crippen LogP contribution is 2.26. The Kier molecular flexibility index (Phi) is 9.24. The smallest absolute Gasteiger partial charge is 0.237 e. The average molecular weight is 412 g/mol. The molecule has 1 aromatic rings. The summed E-state index contributed by atoms with van der Waals surface area (Å²) in [6.07, 6.45) is 4.32. The number of hydrogen-bond acceptors (Lipinski definition) is 5. The van der Waals surface area contributed by atoms with E-state index in [1.54, 1.807) is 6.20 Å². The summed E-state index contributed by atoms with van der Waals surface area (Å²) >= 11 is 6.19. The molecule has 2 atom stereocenters. The predicted molar refractivity (Wildman–Crippen MR) is 104 cm³/mol. The molecule has 2 aliphatic heterocycles. The van der Waals surface area contributed by atoms with E-state index in [1.807, 2.05) is 12.1 Å². The van der Waals surface area contributed by atoms with Gasteiger partial charge >= 0.3 is 0 Å². The van der Waals surface area contributed by atoms with Gasteiger partial charge in [-0.15, -0.1) is 24.8 Å². The van der Waals surface area contributed by atoms with Gasteiger partial charge in [-0.1, -0.05) is 11.6 Å². The van der Waals surface area contributed by atoms with Crippen LogP contribution in [-0.4, -0.2) is 49.3 Å². The van der Waals surface area contributed by atoms with Crippen molar-refractivity contribution in [1.29, 1.82) is 0 Å². The number of hydrogen-bond donors (Lipinski definition) is 2. The highest BCUT2D eigenvalue weighted by molar-refractivity contribution is 6.32. The standard InChI is InChI=1S/C16H23ClN4O2.2ClH/c17-13-2-1-6-19-15(13)21-7-3-12(10-21)20-16(22)14(18)11-4-8-23-9-5-11;;/h1-2,6,11-12,14H,3-5,7-10,18H2,(H,20,22);2*1H.